The van der Waals surface area contributed by atoms with Crippen molar-refractivity contribution in [2.24, 2.45) is 0 Å². The lowest BCUT2D eigenvalue weighted by atomic mass is 10.0. The quantitative estimate of drug-likeness (QED) is 0.762. The largest absolute Gasteiger partial charge is 0.467 e. The Hall–Kier alpha value is -1.96. The topological polar surface area (TPSA) is 89.4 Å². The van der Waals surface area contributed by atoms with Crippen LogP contribution in [0.25, 0.3) is 0 Å². The van der Waals surface area contributed by atoms with Gasteiger partial charge in [-0.05, 0) is 19.3 Å². The number of nitrogens with one attached hydrogen (secondary N) is 1. The van der Waals surface area contributed by atoms with Crippen LogP contribution in [0.1, 0.15) is 35.8 Å². The molecule has 0 radical (unpaired) electrons. The van der Waals surface area contributed by atoms with Crippen LogP contribution >= 0.6 is 0 Å². The van der Waals surface area contributed by atoms with Crippen molar-refractivity contribution >= 4 is 11.9 Å². The predicted molar refractivity (Wildman–Crippen MR) is 72.6 cm³/mol. The van der Waals surface area contributed by atoms with Gasteiger partial charge in [0, 0.05) is 19.6 Å². The molecule has 114 valence electrons. The zero-order valence-corrected chi connectivity index (χ0v) is 12.0. The van der Waals surface area contributed by atoms with Crippen molar-refractivity contribution in [3.63, 3.8) is 0 Å². The number of esters is 1. The summed E-state index contributed by atoms with van der Waals surface area (Å²) in [5.74, 6) is -0.609. The zero-order chi connectivity index (χ0) is 14.8. The van der Waals surface area contributed by atoms with E-state index in [2.05, 4.69) is 15.6 Å². The highest BCUT2D eigenvalue weighted by Gasteiger charge is 2.34. The second-order valence-corrected chi connectivity index (χ2v) is 5.43. The van der Waals surface area contributed by atoms with E-state index >= 15 is 0 Å². The molecule has 0 saturated carbocycles. The Kier molecular flexibility index (Phi) is 3.87. The third-order valence-corrected chi connectivity index (χ3v) is 4.10. The van der Waals surface area contributed by atoms with Gasteiger partial charge in [0.1, 0.15) is 6.04 Å². The first kappa shape index (κ1) is 14.0. The number of ether oxygens (including phenoxy) is 1. The van der Waals surface area contributed by atoms with Crippen LogP contribution in [0.5, 0.6) is 0 Å². The van der Waals surface area contributed by atoms with Crippen molar-refractivity contribution in [1.82, 2.24) is 25.2 Å². The molecule has 2 saturated heterocycles. The van der Waals surface area contributed by atoms with Gasteiger partial charge >= 0.3 is 5.97 Å². The molecule has 1 N–H and O–H groups in total. The maximum absolute atomic E-state index is 12.6. The number of aromatic nitrogens is 3. The number of hydrogen-bond donors (Lipinski definition) is 1. The van der Waals surface area contributed by atoms with Crippen LogP contribution in [0.4, 0.5) is 0 Å². The lowest BCUT2D eigenvalue weighted by molar-refractivity contribution is -0.147. The SMILES string of the molecule is COC(=O)C1CCCCN1C(=O)c1cn(C2CNC2)nn1. The summed E-state index contributed by atoms with van der Waals surface area (Å²) in [6.07, 6.45) is 4.11. The van der Waals surface area contributed by atoms with E-state index in [1.165, 1.54) is 7.11 Å². The Balaban J connectivity index is 1.75. The van der Waals surface area contributed by atoms with E-state index in [4.69, 9.17) is 4.74 Å². The van der Waals surface area contributed by atoms with E-state index in [-0.39, 0.29) is 23.6 Å². The summed E-state index contributed by atoms with van der Waals surface area (Å²) in [4.78, 5) is 25.9. The monoisotopic (exact) mass is 293 g/mol. The molecule has 3 heterocycles. The van der Waals surface area contributed by atoms with Crippen LogP contribution in [-0.4, -0.2) is 64.6 Å². The van der Waals surface area contributed by atoms with Crippen LogP contribution in [0.2, 0.25) is 0 Å². The Morgan fingerprint density at radius 1 is 1.38 bits per heavy atom. The van der Waals surface area contributed by atoms with Gasteiger partial charge in [-0.15, -0.1) is 5.10 Å². The van der Waals surface area contributed by atoms with Gasteiger partial charge in [0.15, 0.2) is 5.69 Å². The highest BCUT2D eigenvalue weighted by atomic mass is 16.5. The van der Waals surface area contributed by atoms with Crippen LogP contribution in [-0.2, 0) is 9.53 Å². The third kappa shape index (κ3) is 2.63. The van der Waals surface area contributed by atoms with Crippen LogP contribution in [0.15, 0.2) is 6.20 Å². The lowest BCUT2D eigenvalue weighted by Crippen LogP contribution is -2.48. The van der Waals surface area contributed by atoms with Gasteiger partial charge in [-0.2, -0.15) is 0 Å². The summed E-state index contributed by atoms with van der Waals surface area (Å²) in [5.41, 5.74) is 0.290. The minimum absolute atomic E-state index is 0.247. The molecule has 21 heavy (non-hydrogen) atoms. The van der Waals surface area contributed by atoms with Crippen molar-refractivity contribution in [3.05, 3.63) is 11.9 Å². The molecule has 8 nitrogen and oxygen atoms in total. The van der Waals surface area contributed by atoms with E-state index in [0.717, 1.165) is 25.9 Å². The highest BCUT2D eigenvalue weighted by Crippen LogP contribution is 2.20. The maximum atomic E-state index is 12.6. The molecule has 0 aromatic carbocycles. The molecule has 0 bridgehead atoms. The van der Waals surface area contributed by atoms with Crippen LogP contribution < -0.4 is 5.32 Å². The summed E-state index contributed by atoms with van der Waals surface area (Å²) in [6.45, 7) is 2.23. The molecule has 0 aliphatic carbocycles. The minimum atomic E-state index is -0.508. The smallest absolute Gasteiger partial charge is 0.328 e. The molecular weight excluding hydrogens is 274 g/mol. The first-order valence-corrected chi connectivity index (χ1v) is 7.22. The van der Waals surface area contributed by atoms with Gasteiger partial charge in [-0.1, -0.05) is 5.21 Å². The average molecular weight is 293 g/mol. The molecule has 0 spiro atoms. The van der Waals surface area contributed by atoms with Gasteiger partial charge in [-0.3, -0.25) is 4.79 Å². The van der Waals surface area contributed by atoms with Crippen LogP contribution in [0, 0.1) is 0 Å². The maximum Gasteiger partial charge on any atom is 0.328 e. The van der Waals surface area contributed by atoms with Gasteiger partial charge in [0.25, 0.3) is 5.91 Å². The van der Waals surface area contributed by atoms with Crippen molar-refractivity contribution in [2.75, 3.05) is 26.7 Å². The highest BCUT2D eigenvalue weighted by molar-refractivity contribution is 5.95. The van der Waals surface area contributed by atoms with E-state index in [1.807, 2.05) is 0 Å². The Bertz CT molecular complexity index is 540. The molecule has 1 amide bonds. The number of methoxy groups -OCH3 is 1. The Morgan fingerprint density at radius 3 is 2.86 bits per heavy atom. The second-order valence-electron chi connectivity index (χ2n) is 5.43. The van der Waals surface area contributed by atoms with Crippen molar-refractivity contribution < 1.29 is 14.3 Å². The summed E-state index contributed by atoms with van der Waals surface area (Å²) < 4.78 is 6.50. The minimum Gasteiger partial charge on any atom is -0.467 e. The summed E-state index contributed by atoms with van der Waals surface area (Å²) >= 11 is 0. The van der Waals surface area contributed by atoms with E-state index in [9.17, 15) is 9.59 Å². The van der Waals surface area contributed by atoms with E-state index in [1.54, 1.807) is 15.8 Å². The molecule has 1 unspecified atom stereocenters. The number of carbonyl (C=O) groups is 2. The van der Waals surface area contributed by atoms with Crippen molar-refractivity contribution in [1.29, 1.82) is 0 Å². The molecule has 2 aliphatic rings. The van der Waals surface area contributed by atoms with Gasteiger partial charge < -0.3 is 15.0 Å². The van der Waals surface area contributed by atoms with E-state index < -0.39 is 6.04 Å². The zero-order valence-electron chi connectivity index (χ0n) is 12.0. The number of piperidine rings is 1. The van der Waals surface area contributed by atoms with Gasteiger partial charge in [0.05, 0.1) is 19.3 Å². The Morgan fingerprint density at radius 2 is 2.19 bits per heavy atom. The van der Waals surface area contributed by atoms with E-state index in [0.29, 0.717) is 13.0 Å². The second kappa shape index (κ2) is 5.80. The summed E-state index contributed by atoms with van der Waals surface area (Å²) in [6, 6.07) is -0.247. The number of likely N-dealkylation sites (tertiary alicyclic amines) is 1. The number of amides is 1. The van der Waals surface area contributed by atoms with Gasteiger partial charge in [-0.25, -0.2) is 9.48 Å². The number of hydrogen-bond acceptors (Lipinski definition) is 6. The van der Waals surface area contributed by atoms with Gasteiger partial charge in [0.2, 0.25) is 0 Å². The third-order valence-electron chi connectivity index (χ3n) is 4.10. The lowest BCUT2D eigenvalue weighted by Gasteiger charge is -2.33. The molecular formula is C13H19N5O3. The molecule has 8 heteroatoms. The summed E-state index contributed by atoms with van der Waals surface area (Å²) in [7, 11) is 1.35. The first-order chi connectivity index (χ1) is 10.2. The fourth-order valence-corrected chi connectivity index (χ4v) is 2.72. The normalized spacial score (nSPS) is 22.7. The molecule has 2 aliphatic heterocycles. The fraction of sp³-hybridized carbons (Fsp3) is 0.692. The summed E-state index contributed by atoms with van der Waals surface area (Å²) in [5, 5.41) is 11.1. The predicted octanol–water partition coefficient (Wildman–Crippen LogP) is -0.410. The fourth-order valence-electron chi connectivity index (χ4n) is 2.72. The molecule has 3 rings (SSSR count). The first-order valence-electron chi connectivity index (χ1n) is 7.22. The number of carbonyl (C=O) groups excluding carboxylic acids is 2. The number of nitrogens with zero attached hydrogens (tertiary/aromatic N) is 4. The Labute approximate surface area is 122 Å². The standard InChI is InChI=1S/C13H19N5O3/c1-21-13(20)11-4-2-3-5-17(11)12(19)10-8-18(16-15-10)9-6-14-7-9/h8-9,11,14H,2-7H2,1H3. The average Bonchev–Trinajstić information content (AvgIpc) is 2.93. The molecule has 1 aromatic rings. The number of rotatable bonds is 3. The van der Waals surface area contributed by atoms with Crippen molar-refractivity contribution in [2.45, 2.75) is 31.3 Å². The molecule has 2 fully saturated rings. The van der Waals surface area contributed by atoms with Crippen molar-refractivity contribution in [3.8, 4) is 0 Å². The van der Waals surface area contributed by atoms with Crippen LogP contribution in [0.3, 0.4) is 0 Å². The molecule has 1 atom stereocenters. The molecule has 1 aromatic heterocycles.